The zero-order valence-electron chi connectivity index (χ0n) is 8.57. The second kappa shape index (κ2) is 4.89. The molecule has 1 saturated heterocycles. The van der Waals surface area contributed by atoms with Gasteiger partial charge in [-0.15, -0.1) is 0 Å². The lowest BCUT2D eigenvalue weighted by Gasteiger charge is -2.24. The van der Waals surface area contributed by atoms with Gasteiger partial charge in [0.05, 0.1) is 0 Å². The molecule has 4 nitrogen and oxygen atoms in total. The molecule has 1 fully saturated rings. The van der Waals surface area contributed by atoms with Gasteiger partial charge in [0.1, 0.15) is 12.1 Å². The Hall–Kier alpha value is -1.42. The molecule has 0 spiro atoms. The molecule has 2 heterocycles. The summed E-state index contributed by atoms with van der Waals surface area (Å²) in [6, 6.07) is 3.91. The Kier molecular flexibility index (Phi) is 3.29. The molecular formula is C11H15N3O. The topological polar surface area (TPSA) is 54.0 Å². The minimum Gasteiger partial charge on any atom is -0.366 e. The van der Waals surface area contributed by atoms with Crippen molar-refractivity contribution in [3.63, 3.8) is 0 Å². The minimum atomic E-state index is 0.424. The summed E-state index contributed by atoms with van der Waals surface area (Å²) >= 11 is 0. The molecular weight excluding hydrogens is 190 g/mol. The number of hydrogen-bond acceptors (Lipinski definition) is 4. The van der Waals surface area contributed by atoms with E-state index < -0.39 is 0 Å². The lowest BCUT2D eigenvalue weighted by Crippen LogP contribution is -2.38. The Morgan fingerprint density at radius 1 is 1.60 bits per heavy atom. The van der Waals surface area contributed by atoms with Crippen molar-refractivity contribution < 1.29 is 4.79 Å². The van der Waals surface area contributed by atoms with E-state index in [2.05, 4.69) is 15.6 Å². The molecule has 1 aromatic rings. The zero-order chi connectivity index (χ0) is 10.5. The summed E-state index contributed by atoms with van der Waals surface area (Å²) in [6.07, 6.45) is 4.83. The number of carbonyl (C=O) groups excluding carboxylic acids is 1. The Bertz CT molecular complexity index is 334. The van der Waals surface area contributed by atoms with E-state index in [1.807, 2.05) is 0 Å². The quantitative estimate of drug-likeness (QED) is 0.724. The number of anilines is 1. The Balaban J connectivity index is 1.99. The second-order valence-electron chi connectivity index (χ2n) is 3.78. The highest BCUT2D eigenvalue weighted by Gasteiger charge is 2.12. The van der Waals surface area contributed by atoms with Crippen molar-refractivity contribution in [3.8, 4) is 0 Å². The van der Waals surface area contributed by atoms with E-state index >= 15 is 0 Å². The van der Waals surface area contributed by atoms with E-state index in [1.165, 1.54) is 6.42 Å². The van der Waals surface area contributed by atoms with Gasteiger partial charge in [-0.2, -0.15) is 0 Å². The summed E-state index contributed by atoms with van der Waals surface area (Å²) in [5.74, 6) is 0.785. The molecule has 1 aliphatic heterocycles. The van der Waals surface area contributed by atoms with Crippen LogP contribution < -0.4 is 10.6 Å². The number of piperidine rings is 1. The maximum atomic E-state index is 10.6. The number of aromatic nitrogens is 1. The van der Waals surface area contributed by atoms with Crippen molar-refractivity contribution in [2.24, 2.45) is 0 Å². The summed E-state index contributed by atoms with van der Waals surface area (Å²) < 4.78 is 0. The molecule has 0 radical (unpaired) electrons. The Morgan fingerprint density at radius 2 is 2.53 bits per heavy atom. The van der Waals surface area contributed by atoms with Crippen LogP contribution in [0.5, 0.6) is 0 Å². The van der Waals surface area contributed by atoms with Crippen molar-refractivity contribution in [1.29, 1.82) is 0 Å². The highest BCUT2D eigenvalue weighted by molar-refractivity contribution is 5.75. The van der Waals surface area contributed by atoms with Crippen molar-refractivity contribution in [2.75, 3.05) is 18.4 Å². The first kappa shape index (κ1) is 10.1. The second-order valence-corrected chi connectivity index (χ2v) is 3.78. The van der Waals surface area contributed by atoms with Gasteiger partial charge in [0.15, 0.2) is 0 Å². The smallest absolute Gasteiger partial charge is 0.150 e. The molecule has 0 amide bonds. The summed E-state index contributed by atoms with van der Waals surface area (Å²) in [7, 11) is 0. The molecule has 2 rings (SSSR count). The fourth-order valence-electron chi connectivity index (χ4n) is 1.78. The van der Waals surface area contributed by atoms with Gasteiger partial charge in [0.2, 0.25) is 0 Å². The third-order valence-corrected chi connectivity index (χ3v) is 2.57. The fraction of sp³-hybridized carbons (Fsp3) is 0.455. The van der Waals surface area contributed by atoms with Crippen LogP contribution in [0.3, 0.4) is 0 Å². The van der Waals surface area contributed by atoms with Crippen molar-refractivity contribution in [3.05, 3.63) is 23.9 Å². The van der Waals surface area contributed by atoms with Crippen LogP contribution in [0.15, 0.2) is 18.3 Å². The van der Waals surface area contributed by atoms with Crippen molar-refractivity contribution >= 4 is 12.1 Å². The first-order valence-electron chi connectivity index (χ1n) is 5.27. The Morgan fingerprint density at radius 3 is 3.27 bits per heavy atom. The first-order valence-corrected chi connectivity index (χ1v) is 5.27. The number of nitrogens with zero attached hydrogens (tertiary/aromatic N) is 1. The van der Waals surface area contributed by atoms with Gasteiger partial charge in [-0.05, 0) is 31.5 Å². The van der Waals surface area contributed by atoms with E-state index in [0.29, 0.717) is 11.6 Å². The standard InChI is InChI=1S/C11H15N3O/c15-8-9-3-5-13-11(6-9)14-10-2-1-4-12-7-10/h3,5-6,8,10,12H,1-2,4,7H2,(H,13,14). The first-order chi connectivity index (χ1) is 7.38. The Labute approximate surface area is 89.1 Å². The van der Waals surface area contributed by atoms with Crippen LogP contribution in [-0.4, -0.2) is 30.4 Å². The number of nitrogens with one attached hydrogen (secondary N) is 2. The monoisotopic (exact) mass is 205 g/mol. The molecule has 1 unspecified atom stereocenters. The van der Waals surface area contributed by atoms with Crippen LogP contribution in [0.2, 0.25) is 0 Å². The maximum absolute atomic E-state index is 10.6. The number of hydrogen-bond donors (Lipinski definition) is 2. The lowest BCUT2D eigenvalue weighted by molar-refractivity contribution is 0.112. The van der Waals surface area contributed by atoms with Crippen LogP contribution in [0.25, 0.3) is 0 Å². The molecule has 0 aromatic carbocycles. The van der Waals surface area contributed by atoms with E-state index in [4.69, 9.17) is 0 Å². The predicted octanol–water partition coefficient (Wildman–Crippen LogP) is 1.06. The van der Waals surface area contributed by atoms with Crippen LogP contribution in [0, 0.1) is 0 Å². The van der Waals surface area contributed by atoms with Crippen LogP contribution >= 0.6 is 0 Å². The van der Waals surface area contributed by atoms with E-state index in [1.54, 1.807) is 18.3 Å². The van der Waals surface area contributed by atoms with Crippen molar-refractivity contribution in [2.45, 2.75) is 18.9 Å². The average Bonchev–Trinajstić information content (AvgIpc) is 2.31. The van der Waals surface area contributed by atoms with E-state index in [-0.39, 0.29) is 0 Å². The normalized spacial score (nSPS) is 20.9. The molecule has 1 aromatic heterocycles. The van der Waals surface area contributed by atoms with Gasteiger partial charge >= 0.3 is 0 Å². The van der Waals surface area contributed by atoms with Crippen LogP contribution in [-0.2, 0) is 0 Å². The summed E-state index contributed by atoms with van der Waals surface area (Å²) in [5, 5.41) is 6.65. The largest absolute Gasteiger partial charge is 0.366 e. The maximum Gasteiger partial charge on any atom is 0.150 e. The molecule has 15 heavy (non-hydrogen) atoms. The van der Waals surface area contributed by atoms with Gasteiger partial charge in [0.25, 0.3) is 0 Å². The summed E-state index contributed by atoms with van der Waals surface area (Å²) in [4.78, 5) is 14.8. The molecule has 4 heteroatoms. The molecule has 80 valence electrons. The predicted molar refractivity (Wildman–Crippen MR) is 59.1 cm³/mol. The van der Waals surface area contributed by atoms with Gasteiger partial charge in [-0.25, -0.2) is 4.98 Å². The zero-order valence-corrected chi connectivity index (χ0v) is 8.57. The number of rotatable bonds is 3. The van der Waals surface area contributed by atoms with Gasteiger partial charge in [-0.3, -0.25) is 4.79 Å². The van der Waals surface area contributed by atoms with Crippen LogP contribution in [0.4, 0.5) is 5.82 Å². The van der Waals surface area contributed by atoms with Crippen molar-refractivity contribution in [1.82, 2.24) is 10.3 Å². The van der Waals surface area contributed by atoms with E-state index in [0.717, 1.165) is 31.6 Å². The number of carbonyl (C=O) groups is 1. The lowest BCUT2D eigenvalue weighted by atomic mass is 10.1. The van der Waals surface area contributed by atoms with Gasteiger partial charge < -0.3 is 10.6 Å². The average molecular weight is 205 g/mol. The number of pyridine rings is 1. The molecule has 0 saturated carbocycles. The SMILES string of the molecule is O=Cc1ccnc(NC2CCCNC2)c1. The third-order valence-electron chi connectivity index (χ3n) is 2.57. The molecule has 2 N–H and O–H groups in total. The molecule has 1 atom stereocenters. The third kappa shape index (κ3) is 2.76. The van der Waals surface area contributed by atoms with E-state index in [9.17, 15) is 4.79 Å². The summed E-state index contributed by atoms with van der Waals surface area (Å²) in [5.41, 5.74) is 0.663. The van der Waals surface area contributed by atoms with Gasteiger partial charge in [0, 0.05) is 24.3 Å². The van der Waals surface area contributed by atoms with Gasteiger partial charge in [-0.1, -0.05) is 0 Å². The number of aldehydes is 1. The minimum absolute atomic E-state index is 0.424. The fourth-order valence-corrected chi connectivity index (χ4v) is 1.78. The molecule has 1 aliphatic rings. The molecule has 0 bridgehead atoms. The highest BCUT2D eigenvalue weighted by Crippen LogP contribution is 2.10. The molecule has 0 aliphatic carbocycles. The summed E-state index contributed by atoms with van der Waals surface area (Å²) in [6.45, 7) is 2.06. The van der Waals surface area contributed by atoms with Crippen LogP contribution in [0.1, 0.15) is 23.2 Å². The highest BCUT2D eigenvalue weighted by atomic mass is 16.1.